The van der Waals surface area contributed by atoms with Gasteiger partial charge in [-0.05, 0) is 76.9 Å². The lowest BCUT2D eigenvalue weighted by atomic mass is 9.93. The Hall–Kier alpha value is -3.16. The highest BCUT2D eigenvalue weighted by molar-refractivity contribution is 9.10. The van der Waals surface area contributed by atoms with Crippen molar-refractivity contribution in [3.63, 3.8) is 0 Å². The van der Waals surface area contributed by atoms with Gasteiger partial charge in [-0.3, -0.25) is 0 Å². The zero-order valence-corrected chi connectivity index (χ0v) is 17.3. The topological polar surface area (TPSA) is 0 Å². The van der Waals surface area contributed by atoms with Gasteiger partial charge in [0.25, 0.3) is 0 Å². The second-order valence-corrected chi connectivity index (χ2v) is 8.26. The number of hydrogen-bond donors (Lipinski definition) is 0. The van der Waals surface area contributed by atoms with Crippen LogP contribution in [0, 0.1) is 0 Å². The molecule has 1 heteroatoms. The van der Waals surface area contributed by atoms with Gasteiger partial charge < -0.3 is 0 Å². The van der Waals surface area contributed by atoms with Gasteiger partial charge in [0.1, 0.15) is 0 Å². The zero-order valence-electron chi connectivity index (χ0n) is 15.7. The smallest absolute Gasteiger partial charge is 0.0332 e. The second kappa shape index (κ2) is 6.43. The van der Waals surface area contributed by atoms with Gasteiger partial charge in [-0.25, -0.2) is 0 Å². The minimum atomic E-state index is 1.16. The van der Waals surface area contributed by atoms with Crippen LogP contribution in [0.15, 0.2) is 102 Å². The van der Waals surface area contributed by atoms with Crippen molar-refractivity contribution in [2.75, 3.05) is 0 Å². The van der Waals surface area contributed by atoms with Crippen LogP contribution in [-0.2, 0) is 0 Å². The Morgan fingerprint density at radius 1 is 0.448 bits per heavy atom. The maximum Gasteiger partial charge on any atom is 0.0332 e. The fourth-order valence-corrected chi connectivity index (χ4v) is 5.31. The Morgan fingerprint density at radius 3 is 1.31 bits per heavy atom. The molecule has 0 saturated heterocycles. The van der Waals surface area contributed by atoms with Crippen molar-refractivity contribution in [1.29, 1.82) is 0 Å². The molecule has 5 aromatic rings. The van der Waals surface area contributed by atoms with Crippen LogP contribution in [0.5, 0.6) is 0 Å². The molecule has 0 saturated carbocycles. The van der Waals surface area contributed by atoms with Crippen LogP contribution in [-0.4, -0.2) is 0 Å². The lowest BCUT2D eigenvalue weighted by molar-refractivity contribution is 1.65. The molecule has 0 N–H and O–H groups in total. The van der Waals surface area contributed by atoms with Gasteiger partial charge in [-0.15, -0.1) is 0 Å². The van der Waals surface area contributed by atoms with Crippen LogP contribution < -0.4 is 0 Å². The van der Waals surface area contributed by atoms with E-state index >= 15 is 0 Å². The summed E-state index contributed by atoms with van der Waals surface area (Å²) in [5.41, 5.74) is 7.84. The third-order valence-electron chi connectivity index (χ3n) is 5.92. The minimum Gasteiger partial charge on any atom is -0.0616 e. The summed E-state index contributed by atoms with van der Waals surface area (Å²) in [5, 5.41) is 5.04. The van der Waals surface area contributed by atoms with Crippen LogP contribution in [0.3, 0.4) is 0 Å². The van der Waals surface area contributed by atoms with Crippen molar-refractivity contribution in [3.8, 4) is 11.1 Å². The van der Waals surface area contributed by atoms with Gasteiger partial charge in [0.05, 0.1) is 0 Å². The monoisotopic (exact) mass is 432 g/mol. The van der Waals surface area contributed by atoms with E-state index in [2.05, 4.69) is 119 Å². The summed E-state index contributed by atoms with van der Waals surface area (Å²) >= 11 is 3.86. The third kappa shape index (κ3) is 2.44. The van der Waals surface area contributed by atoms with Crippen molar-refractivity contribution in [2.24, 2.45) is 0 Å². The van der Waals surface area contributed by atoms with E-state index in [0.29, 0.717) is 0 Å². The van der Waals surface area contributed by atoms with Crippen molar-refractivity contribution in [3.05, 3.63) is 118 Å². The quantitative estimate of drug-likeness (QED) is 0.229. The van der Waals surface area contributed by atoms with E-state index in [9.17, 15) is 0 Å². The Kier molecular flexibility index (Phi) is 3.72. The third-order valence-corrected chi connectivity index (χ3v) is 6.78. The summed E-state index contributed by atoms with van der Waals surface area (Å²) in [6.45, 7) is 0. The molecule has 0 fully saturated rings. The summed E-state index contributed by atoms with van der Waals surface area (Å²) in [6.07, 6.45) is 2.39. The standard InChI is InChI=1S/C28H17Br/c29-28-24-15-7-5-13-22(24)27(23-14-6-8-16-25(23)28)17-26-20-11-3-1-9-18(20)19-10-2-4-12-21(19)26/h1-17H. The molecule has 29 heavy (non-hydrogen) atoms. The zero-order chi connectivity index (χ0) is 19.4. The molecule has 0 spiro atoms. The number of benzene rings is 5. The van der Waals surface area contributed by atoms with E-state index < -0.39 is 0 Å². The first-order chi connectivity index (χ1) is 14.3. The first kappa shape index (κ1) is 16.8. The Balaban J connectivity index is 1.76. The second-order valence-electron chi connectivity index (χ2n) is 7.47. The fourth-order valence-electron chi connectivity index (χ4n) is 4.62. The van der Waals surface area contributed by atoms with Crippen molar-refractivity contribution in [2.45, 2.75) is 0 Å². The molecular weight excluding hydrogens is 416 g/mol. The van der Waals surface area contributed by atoms with Crippen LogP contribution in [0.25, 0.3) is 44.3 Å². The number of rotatable bonds is 1. The van der Waals surface area contributed by atoms with Crippen LogP contribution >= 0.6 is 15.9 Å². The molecule has 0 radical (unpaired) electrons. The lowest BCUT2D eigenvalue weighted by Crippen LogP contribution is -1.88. The van der Waals surface area contributed by atoms with Gasteiger partial charge in [-0.2, -0.15) is 0 Å². The average molecular weight is 433 g/mol. The summed E-state index contributed by atoms with van der Waals surface area (Å²) < 4.78 is 1.16. The Labute approximate surface area is 178 Å². The molecule has 0 bridgehead atoms. The molecule has 0 atom stereocenters. The Morgan fingerprint density at radius 2 is 0.828 bits per heavy atom. The van der Waals surface area contributed by atoms with Crippen LogP contribution in [0.4, 0.5) is 0 Å². The summed E-state index contributed by atoms with van der Waals surface area (Å²) in [4.78, 5) is 0. The lowest BCUT2D eigenvalue weighted by Gasteiger charge is -2.13. The summed E-state index contributed by atoms with van der Waals surface area (Å²) in [5.74, 6) is 0. The summed E-state index contributed by atoms with van der Waals surface area (Å²) in [7, 11) is 0. The predicted molar refractivity (Wildman–Crippen MR) is 128 cm³/mol. The molecule has 0 amide bonds. The van der Waals surface area contributed by atoms with Crippen LogP contribution in [0.1, 0.15) is 16.7 Å². The van der Waals surface area contributed by atoms with E-state index in [1.165, 1.54) is 54.9 Å². The molecule has 0 heterocycles. The SMILES string of the molecule is Brc1c2ccccc2c(C=C2c3ccccc3-c3ccccc32)c2ccccc12. The molecular formula is C28H17Br. The average Bonchev–Trinajstić information content (AvgIpc) is 3.10. The highest BCUT2D eigenvalue weighted by Gasteiger charge is 2.23. The Bertz CT molecular complexity index is 1350. The minimum absolute atomic E-state index is 1.16. The molecule has 6 rings (SSSR count). The molecule has 0 aliphatic heterocycles. The molecule has 0 aromatic heterocycles. The van der Waals surface area contributed by atoms with E-state index in [0.717, 1.165) is 4.47 Å². The number of hydrogen-bond acceptors (Lipinski definition) is 0. The molecule has 1 aliphatic carbocycles. The van der Waals surface area contributed by atoms with E-state index in [1.54, 1.807) is 0 Å². The van der Waals surface area contributed by atoms with Gasteiger partial charge in [0, 0.05) is 4.47 Å². The van der Waals surface area contributed by atoms with E-state index in [4.69, 9.17) is 0 Å². The van der Waals surface area contributed by atoms with Gasteiger partial charge in [0.2, 0.25) is 0 Å². The molecule has 0 unspecified atom stereocenters. The van der Waals surface area contributed by atoms with Gasteiger partial charge in [0.15, 0.2) is 0 Å². The molecule has 1 aliphatic rings. The van der Waals surface area contributed by atoms with E-state index in [-0.39, 0.29) is 0 Å². The largest absolute Gasteiger partial charge is 0.0616 e. The van der Waals surface area contributed by atoms with Crippen molar-refractivity contribution in [1.82, 2.24) is 0 Å². The molecule has 136 valence electrons. The van der Waals surface area contributed by atoms with Gasteiger partial charge in [-0.1, -0.05) is 97.1 Å². The highest BCUT2D eigenvalue weighted by Crippen LogP contribution is 2.46. The van der Waals surface area contributed by atoms with E-state index in [1.807, 2.05) is 0 Å². The highest BCUT2D eigenvalue weighted by atomic mass is 79.9. The van der Waals surface area contributed by atoms with Crippen LogP contribution in [0.2, 0.25) is 0 Å². The van der Waals surface area contributed by atoms with Gasteiger partial charge >= 0.3 is 0 Å². The summed E-state index contributed by atoms with van der Waals surface area (Å²) in [6, 6.07) is 34.8. The fraction of sp³-hybridized carbons (Fsp3) is 0. The van der Waals surface area contributed by atoms with Crippen molar-refractivity contribution >= 4 is 49.1 Å². The predicted octanol–water partition coefficient (Wildman–Crippen LogP) is 8.32. The maximum absolute atomic E-state index is 3.86. The molecule has 5 aromatic carbocycles. The number of fused-ring (bicyclic) bond motifs is 5. The maximum atomic E-state index is 3.86. The number of halogens is 1. The van der Waals surface area contributed by atoms with Crippen molar-refractivity contribution < 1.29 is 0 Å². The first-order valence-corrected chi connectivity index (χ1v) is 10.6. The first-order valence-electron chi connectivity index (χ1n) is 9.83. The molecule has 0 nitrogen and oxygen atoms in total. The normalized spacial score (nSPS) is 12.2.